The van der Waals surface area contributed by atoms with Gasteiger partial charge in [-0.1, -0.05) is 6.07 Å². The van der Waals surface area contributed by atoms with Crippen LogP contribution in [0.25, 0.3) is 0 Å². The van der Waals surface area contributed by atoms with Crippen LogP contribution in [-0.4, -0.2) is 35.0 Å². The first-order valence-corrected chi connectivity index (χ1v) is 6.78. The number of nitrogens with zero attached hydrogens (tertiary/aromatic N) is 1. The molecular weight excluding hydrogens is 345 g/mol. The summed E-state index contributed by atoms with van der Waals surface area (Å²) in [4.78, 5) is 25.0. The van der Waals surface area contributed by atoms with E-state index in [1.807, 2.05) is 18.2 Å². The van der Waals surface area contributed by atoms with Gasteiger partial charge in [-0.15, -0.1) is 0 Å². The Morgan fingerprint density at radius 3 is 2.72 bits per heavy atom. The van der Waals surface area contributed by atoms with Crippen LogP contribution in [-0.2, 0) is 4.79 Å². The van der Waals surface area contributed by atoms with Gasteiger partial charge in [-0.25, -0.2) is 0 Å². The van der Waals surface area contributed by atoms with Gasteiger partial charge in [0.25, 0.3) is 5.91 Å². The van der Waals surface area contributed by atoms with Crippen molar-refractivity contribution in [2.75, 3.05) is 13.1 Å². The largest absolute Gasteiger partial charge is 0.481 e. The monoisotopic (exact) mass is 359 g/mol. The van der Waals surface area contributed by atoms with Gasteiger partial charge in [0.1, 0.15) is 0 Å². The summed E-state index contributed by atoms with van der Waals surface area (Å²) in [5.74, 6) is -0.918. The van der Waals surface area contributed by atoms with Crippen LogP contribution in [0.3, 0.4) is 0 Å². The zero-order chi connectivity index (χ0) is 13.3. The molecule has 1 saturated heterocycles. The third-order valence-corrected chi connectivity index (χ3v) is 4.02. The Morgan fingerprint density at radius 1 is 1.44 bits per heavy atom. The van der Waals surface area contributed by atoms with Crippen molar-refractivity contribution >= 4 is 34.5 Å². The van der Waals surface area contributed by atoms with Gasteiger partial charge in [0.2, 0.25) is 0 Å². The molecule has 1 heterocycles. The lowest BCUT2D eigenvalue weighted by molar-refractivity contribution is -0.147. The summed E-state index contributed by atoms with van der Waals surface area (Å²) in [6.45, 7) is 2.48. The van der Waals surface area contributed by atoms with Gasteiger partial charge >= 0.3 is 5.97 Å². The summed E-state index contributed by atoms with van der Waals surface area (Å²) >= 11 is 2.15. The fourth-order valence-electron chi connectivity index (χ4n) is 2.11. The van der Waals surface area contributed by atoms with Gasteiger partial charge in [-0.05, 0) is 54.1 Å². The van der Waals surface area contributed by atoms with Crippen molar-refractivity contribution in [3.05, 3.63) is 33.4 Å². The lowest BCUT2D eigenvalue weighted by Gasteiger charge is -2.20. The van der Waals surface area contributed by atoms with Crippen LogP contribution >= 0.6 is 22.6 Å². The number of hydrogen-bond donors (Lipinski definition) is 1. The fraction of sp³-hybridized carbons (Fsp3) is 0.385. The third-order valence-electron chi connectivity index (χ3n) is 3.35. The Bertz CT molecular complexity index is 503. The summed E-state index contributed by atoms with van der Waals surface area (Å²) in [5, 5.41) is 9.15. The Labute approximate surface area is 119 Å². The number of benzene rings is 1. The summed E-state index contributed by atoms with van der Waals surface area (Å²) in [6, 6.07) is 7.34. The Kier molecular flexibility index (Phi) is 3.61. The van der Waals surface area contributed by atoms with Gasteiger partial charge in [0.05, 0.1) is 5.41 Å². The maximum atomic E-state index is 12.2. The number of aliphatic carboxylic acids is 1. The van der Waals surface area contributed by atoms with Crippen molar-refractivity contribution < 1.29 is 14.7 Å². The molecule has 18 heavy (non-hydrogen) atoms. The number of carboxylic acid groups (broad SMARTS) is 1. The fourth-order valence-corrected chi connectivity index (χ4v) is 2.66. The molecule has 1 fully saturated rings. The standard InChI is InChI=1S/C13H14INO3/c1-13(12(17)18)5-6-15(8-13)11(16)9-3-2-4-10(14)7-9/h2-4,7H,5-6,8H2,1H3,(H,17,18). The molecule has 1 amide bonds. The molecule has 0 spiro atoms. The van der Waals surface area contributed by atoms with Gasteiger partial charge in [-0.2, -0.15) is 0 Å². The zero-order valence-electron chi connectivity index (χ0n) is 10.0. The normalized spacial score (nSPS) is 23.1. The van der Waals surface area contributed by atoms with E-state index in [0.29, 0.717) is 18.5 Å². The molecule has 0 saturated carbocycles. The lowest BCUT2D eigenvalue weighted by Crippen LogP contribution is -2.34. The molecule has 1 aromatic carbocycles. The Hall–Kier alpha value is -1.11. The summed E-state index contributed by atoms with van der Waals surface area (Å²) in [6.07, 6.45) is 0.512. The van der Waals surface area contributed by atoms with Gasteiger partial charge in [-0.3, -0.25) is 9.59 Å². The third kappa shape index (κ3) is 2.50. The molecule has 5 heteroatoms. The Balaban J connectivity index is 2.15. The van der Waals surface area contributed by atoms with Crippen molar-refractivity contribution in [2.45, 2.75) is 13.3 Å². The minimum Gasteiger partial charge on any atom is -0.481 e. The average Bonchev–Trinajstić information content (AvgIpc) is 2.72. The molecule has 0 aromatic heterocycles. The maximum absolute atomic E-state index is 12.2. The van der Waals surface area contributed by atoms with Crippen LogP contribution in [0.5, 0.6) is 0 Å². The predicted molar refractivity (Wildman–Crippen MR) is 75.4 cm³/mol. The van der Waals surface area contributed by atoms with Crippen LogP contribution in [0.15, 0.2) is 24.3 Å². The number of rotatable bonds is 2. The highest BCUT2D eigenvalue weighted by Crippen LogP contribution is 2.31. The summed E-state index contributed by atoms with van der Waals surface area (Å²) in [7, 11) is 0. The highest BCUT2D eigenvalue weighted by molar-refractivity contribution is 14.1. The van der Waals surface area contributed by atoms with Crippen LogP contribution in [0.4, 0.5) is 0 Å². The molecule has 0 radical (unpaired) electrons. The SMILES string of the molecule is CC1(C(=O)O)CCN(C(=O)c2cccc(I)c2)C1. The summed E-state index contributed by atoms with van der Waals surface area (Å²) in [5.41, 5.74) is -0.186. The second-order valence-electron chi connectivity index (χ2n) is 4.85. The summed E-state index contributed by atoms with van der Waals surface area (Å²) < 4.78 is 0.999. The first kappa shape index (κ1) is 13.3. The van der Waals surface area contributed by atoms with Crippen molar-refractivity contribution in [3.63, 3.8) is 0 Å². The minimum absolute atomic E-state index is 0.0847. The topological polar surface area (TPSA) is 57.6 Å². The van der Waals surface area contributed by atoms with E-state index in [4.69, 9.17) is 5.11 Å². The second kappa shape index (κ2) is 4.87. The van der Waals surface area contributed by atoms with Crippen LogP contribution in [0.1, 0.15) is 23.7 Å². The molecule has 2 rings (SSSR count). The van der Waals surface area contributed by atoms with E-state index in [2.05, 4.69) is 22.6 Å². The van der Waals surface area contributed by atoms with Crippen molar-refractivity contribution in [1.82, 2.24) is 4.90 Å². The van der Waals surface area contributed by atoms with Crippen LogP contribution in [0.2, 0.25) is 0 Å². The number of halogens is 1. The van der Waals surface area contributed by atoms with E-state index in [9.17, 15) is 9.59 Å². The molecule has 1 atom stereocenters. The number of carbonyl (C=O) groups excluding carboxylic acids is 1. The highest BCUT2D eigenvalue weighted by atomic mass is 127. The molecule has 1 aliphatic heterocycles. The van der Waals surface area contributed by atoms with E-state index in [0.717, 1.165) is 3.57 Å². The van der Waals surface area contributed by atoms with Crippen LogP contribution < -0.4 is 0 Å². The Morgan fingerprint density at radius 2 is 2.17 bits per heavy atom. The molecule has 1 aliphatic rings. The van der Waals surface area contributed by atoms with Crippen molar-refractivity contribution in [3.8, 4) is 0 Å². The maximum Gasteiger partial charge on any atom is 0.311 e. The molecule has 1 aromatic rings. The van der Waals surface area contributed by atoms with Crippen molar-refractivity contribution in [2.24, 2.45) is 5.41 Å². The molecule has 96 valence electrons. The first-order valence-electron chi connectivity index (χ1n) is 5.71. The van der Waals surface area contributed by atoms with E-state index < -0.39 is 11.4 Å². The molecule has 1 unspecified atom stereocenters. The predicted octanol–water partition coefficient (Wildman–Crippen LogP) is 2.23. The van der Waals surface area contributed by atoms with E-state index in [1.165, 1.54) is 0 Å². The molecule has 4 nitrogen and oxygen atoms in total. The number of carbonyl (C=O) groups is 2. The highest BCUT2D eigenvalue weighted by Gasteiger charge is 2.42. The smallest absolute Gasteiger partial charge is 0.311 e. The van der Waals surface area contributed by atoms with Gasteiger partial charge in [0.15, 0.2) is 0 Å². The first-order chi connectivity index (χ1) is 8.42. The number of carboxylic acids is 1. The molecule has 0 aliphatic carbocycles. The number of hydrogen-bond acceptors (Lipinski definition) is 2. The van der Waals surface area contributed by atoms with E-state index in [1.54, 1.807) is 17.9 Å². The second-order valence-corrected chi connectivity index (χ2v) is 6.10. The minimum atomic E-state index is -0.833. The van der Waals surface area contributed by atoms with E-state index in [-0.39, 0.29) is 12.5 Å². The number of amides is 1. The average molecular weight is 359 g/mol. The molecule has 1 N–H and O–H groups in total. The molecular formula is C13H14INO3. The van der Waals surface area contributed by atoms with Crippen molar-refractivity contribution in [1.29, 1.82) is 0 Å². The molecule has 0 bridgehead atoms. The van der Waals surface area contributed by atoms with E-state index >= 15 is 0 Å². The van der Waals surface area contributed by atoms with Crippen LogP contribution in [0, 0.1) is 8.99 Å². The number of likely N-dealkylation sites (tertiary alicyclic amines) is 1. The van der Waals surface area contributed by atoms with Gasteiger partial charge in [0, 0.05) is 22.2 Å². The quantitative estimate of drug-likeness (QED) is 0.824. The zero-order valence-corrected chi connectivity index (χ0v) is 12.2. The van der Waals surface area contributed by atoms with Gasteiger partial charge < -0.3 is 10.0 Å². The lowest BCUT2D eigenvalue weighted by atomic mass is 9.90.